The normalized spacial score (nSPS) is 11.9. The summed E-state index contributed by atoms with van der Waals surface area (Å²) in [6.45, 7) is 3.66. The van der Waals surface area contributed by atoms with Crippen molar-refractivity contribution in [1.82, 2.24) is 0 Å². The van der Waals surface area contributed by atoms with Crippen molar-refractivity contribution in [2.45, 2.75) is 26.6 Å². The Morgan fingerprint density at radius 1 is 1.53 bits per heavy atom. The summed E-state index contributed by atoms with van der Waals surface area (Å²) in [7, 11) is 0. The van der Waals surface area contributed by atoms with Gasteiger partial charge in [0.1, 0.15) is 5.75 Å². The fraction of sp³-hybridized carbons (Fsp3) is 0.417. The van der Waals surface area contributed by atoms with E-state index >= 15 is 0 Å². The number of carbonyl (C=O) groups excluding carboxylic acids is 1. The molecule has 0 spiro atoms. The number of amides is 1. The highest BCUT2D eigenvalue weighted by Crippen LogP contribution is 2.18. The molecule has 0 fully saturated rings. The number of carbonyl (C=O) groups is 1. The Bertz CT molecular complexity index is 369. The minimum atomic E-state index is -0.419. The first-order valence-corrected chi connectivity index (χ1v) is 5.54. The minimum absolute atomic E-state index is 0.0339. The topological polar surface area (TPSA) is 73.6 Å². The fourth-order valence-electron chi connectivity index (χ4n) is 1.26. The molecule has 0 aliphatic rings. The van der Waals surface area contributed by atoms with E-state index in [0.29, 0.717) is 17.9 Å². The monoisotopic (exact) mass is 238 g/mol. The SMILES string of the molecule is CCC(=O)Nc1cccc(OC(C)OCN)c1. The second kappa shape index (κ2) is 6.88. The van der Waals surface area contributed by atoms with E-state index in [2.05, 4.69) is 5.32 Å². The van der Waals surface area contributed by atoms with Gasteiger partial charge in [-0.3, -0.25) is 4.79 Å². The van der Waals surface area contributed by atoms with Gasteiger partial charge in [0, 0.05) is 18.2 Å². The highest BCUT2D eigenvalue weighted by atomic mass is 16.7. The van der Waals surface area contributed by atoms with Gasteiger partial charge in [-0.05, 0) is 19.1 Å². The zero-order chi connectivity index (χ0) is 12.7. The molecule has 1 rings (SSSR count). The van der Waals surface area contributed by atoms with Crippen molar-refractivity contribution in [2.24, 2.45) is 5.73 Å². The van der Waals surface area contributed by atoms with Crippen molar-refractivity contribution in [3.63, 3.8) is 0 Å². The molecule has 1 aromatic carbocycles. The zero-order valence-corrected chi connectivity index (χ0v) is 10.1. The molecule has 94 valence electrons. The molecule has 17 heavy (non-hydrogen) atoms. The van der Waals surface area contributed by atoms with Crippen molar-refractivity contribution in [3.8, 4) is 5.75 Å². The molecule has 0 heterocycles. The number of nitrogens with one attached hydrogen (secondary N) is 1. The lowest BCUT2D eigenvalue weighted by atomic mass is 10.3. The van der Waals surface area contributed by atoms with Crippen molar-refractivity contribution < 1.29 is 14.3 Å². The number of benzene rings is 1. The van der Waals surface area contributed by atoms with E-state index in [-0.39, 0.29) is 12.6 Å². The second-order valence-corrected chi connectivity index (χ2v) is 3.45. The maximum absolute atomic E-state index is 11.2. The predicted molar refractivity (Wildman–Crippen MR) is 65.6 cm³/mol. The van der Waals surface area contributed by atoms with E-state index in [9.17, 15) is 4.79 Å². The van der Waals surface area contributed by atoms with Crippen LogP contribution in [0.1, 0.15) is 20.3 Å². The number of rotatable bonds is 6. The highest BCUT2D eigenvalue weighted by molar-refractivity contribution is 5.90. The maximum Gasteiger partial charge on any atom is 0.224 e. The standard InChI is InChI=1S/C12H18N2O3/c1-3-12(15)14-10-5-4-6-11(7-10)17-9(2)16-8-13/h4-7,9H,3,8,13H2,1-2H3,(H,14,15). The van der Waals surface area contributed by atoms with E-state index in [1.165, 1.54) is 0 Å². The van der Waals surface area contributed by atoms with Crippen LogP contribution in [-0.4, -0.2) is 18.9 Å². The van der Waals surface area contributed by atoms with Gasteiger partial charge in [-0.25, -0.2) is 0 Å². The molecule has 0 bridgehead atoms. The molecule has 1 atom stereocenters. The summed E-state index contributed by atoms with van der Waals surface area (Å²) in [5, 5.41) is 2.75. The van der Waals surface area contributed by atoms with Crippen LogP contribution in [0.2, 0.25) is 0 Å². The van der Waals surface area contributed by atoms with Crippen LogP contribution in [0.3, 0.4) is 0 Å². The van der Waals surface area contributed by atoms with Crippen LogP contribution in [-0.2, 0) is 9.53 Å². The Labute approximate surface area is 101 Å². The molecular formula is C12H18N2O3. The van der Waals surface area contributed by atoms with Gasteiger partial charge in [-0.15, -0.1) is 0 Å². The van der Waals surface area contributed by atoms with Gasteiger partial charge < -0.3 is 20.5 Å². The lowest BCUT2D eigenvalue weighted by Crippen LogP contribution is -2.20. The predicted octanol–water partition coefficient (Wildman–Crippen LogP) is 1.69. The molecule has 0 aliphatic carbocycles. The quantitative estimate of drug-likeness (QED) is 0.740. The molecule has 0 aliphatic heterocycles. The lowest BCUT2D eigenvalue weighted by Gasteiger charge is -2.14. The summed E-state index contributed by atoms with van der Waals surface area (Å²) in [5.74, 6) is 0.591. The van der Waals surface area contributed by atoms with Crippen molar-refractivity contribution in [3.05, 3.63) is 24.3 Å². The molecule has 0 saturated heterocycles. The number of ether oxygens (including phenoxy) is 2. The second-order valence-electron chi connectivity index (χ2n) is 3.45. The number of hydrogen-bond donors (Lipinski definition) is 2. The number of hydrogen-bond acceptors (Lipinski definition) is 4. The third-order valence-corrected chi connectivity index (χ3v) is 2.07. The van der Waals surface area contributed by atoms with E-state index in [4.69, 9.17) is 15.2 Å². The van der Waals surface area contributed by atoms with Crippen LogP contribution in [0.15, 0.2) is 24.3 Å². The first-order valence-electron chi connectivity index (χ1n) is 5.54. The van der Waals surface area contributed by atoms with Gasteiger partial charge >= 0.3 is 0 Å². The van der Waals surface area contributed by atoms with Gasteiger partial charge in [0.2, 0.25) is 5.91 Å². The smallest absolute Gasteiger partial charge is 0.224 e. The Balaban J connectivity index is 2.62. The fourth-order valence-corrected chi connectivity index (χ4v) is 1.26. The van der Waals surface area contributed by atoms with Crippen molar-refractivity contribution in [2.75, 3.05) is 12.0 Å². The van der Waals surface area contributed by atoms with Crippen LogP contribution in [0, 0.1) is 0 Å². The summed E-state index contributed by atoms with van der Waals surface area (Å²) in [6, 6.07) is 7.13. The molecule has 0 saturated carbocycles. The molecule has 5 heteroatoms. The molecule has 1 amide bonds. The minimum Gasteiger partial charge on any atom is -0.465 e. The van der Waals surface area contributed by atoms with Crippen LogP contribution in [0.5, 0.6) is 5.75 Å². The van der Waals surface area contributed by atoms with E-state index < -0.39 is 6.29 Å². The third kappa shape index (κ3) is 4.84. The average Bonchev–Trinajstić information content (AvgIpc) is 2.29. The van der Waals surface area contributed by atoms with E-state index in [1.54, 1.807) is 38.1 Å². The van der Waals surface area contributed by atoms with Crippen molar-refractivity contribution >= 4 is 11.6 Å². The first-order chi connectivity index (χ1) is 8.15. The third-order valence-electron chi connectivity index (χ3n) is 2.07. The van der Waals surface area contributed by atoms with Crippen molar-refractivity contribution in [1.29, 1.82) is 0 Å². The van der Waals surface area contributed by atoms with Gasteiger partial charge in [0.25, 0.3) is 0 Å². The van der Waals surface area contributed by atoms with Gasteiger partial charge in [-0.1, -0.05) is 13.0 Å². The summed E-state index contributed by atoms with van der Waals surface area (Å²) in [6.07, 6.45) is 0.0229. The number of nitrogens with two attached hydrogens (primary N) is 1. The summed E-state index contributed by atoms with van der Waals surface area (Å²) in [5.41, 5.74) is 5.94. The van der Waals surface area contributed by atoms with E-state index in [0.717, 1.165) is 0 Å². The Morgan fingerprint density at radius 2 is 2.29 bits per heavy atom. The summed E-state index contributed by atoms with van der Waals surface area (Å²) < 4.78 is 10.5. The average molecular weight is 238 g/mol. The Hall–Kier alpha value is -1.59. The molecule has 5 nitrogen and oxygen atoms in total. The Morgan fingerprint density at radius 3 is 2.94 bits per heavy atom. The maximum atomic E-state index is 11.2. The van der Waals surface area contributed by atoms with Crippen LogP contribution >= 0.6 is 0 Å². The van der Waals surface area contributed by atoms with Gasteiger partial charge in [0.05, 0.1) is 6.73 Å². The van der Waals surface area contributed by atoms with Gasteiger partial charge in [0.15, 0.2) is 6.29 Å². The lowest BCUT2D eigenvalue weighted by molar-refractivity contribution is -0.115. The van der Waals surface area contributed by atoms with Crippen LogP contribution < -0.4 is 15.8 Å². The number of anilines is 1. The zero-order valence-electron chi connectivity index (χ0n) is 10.1. The summed E-state index contributed by atoms with van der Waals surface area (Å²) >= 11 is 0. The molecule has 0 aromatic heterocycles. The van der Waals surface area contributed by atoms with Gasteiger partial charge in [-0.2, -0.15) is 0 Å². The molecular weight excluding hydrogens is 220 g/mol. The first kappa shape index (κ1) is 13.5. The molecule has 1 unspecified atom stereocenters. The largest absolute Gasteiger partial charge is 0.465 e. The molecule has 3 N–H and O–H groups in total. The Kier molecular flexibility index (Phi) is 5.45. The molecule has 0 radical (unpaired) electrons. The van der Waals surface area contributed by atoms with Crippen LogP contribution in [0.4, 0.5) is 5.69 Å². The van der Waals surface area contributed by atoms with E-state index in [1.807, 2.05) is 0 Å². The molecule has 1 aromatic rings. The summed E-state index contributed by atoms with van der Waals surface area (Å²) in [4.78, 5) is 11.2. The van der Waals surface area contributed by atoms with Crippen LogP contribution in [0.25, 0.3) is 0 Å². The highest BCUT2D eigenvalue weighted by Gasteiger charge is 2.04.